The van der Waals surface area contributed by atoms with E-state index < -0.39 is 257 Å². The fraction of sp³-hybridized carbons (Fsp3) is 0.616. The number of aliphatic hydroxyl groups is 1. The van der Waals surface area contributed by atoms with Crippen molar-refractivity contribution in [3.8, 4) is 0 Å². The Morgan fingerprint density at radius 3 is 1.11 bits per heavy atom. The summed E-state index contributed by atoms with van der Waals surface area (Å²) in [6.45, 7) is -23.4. The smallest absolute Gasteiger partial charge is 0.394 e. The number of nitrogens with two attached hydrogens (primary N) is 4. The average molecular weight is 2290 g/mol. The van der Waals surface area contributed by atoms with Gasteiger partial charge in [-0.25, -0.2) is 58.6 Å². The molecule has 0 aromatic carbocycles. The Hall–Kier alpha value is -7.90. The van der Waals surface area contributed by atoms with Crippen molar-refractivity contribution < 1.29 is 164 Å². The molecule has 19 N–H and O–H groups in total. The fourth-order valence-electron chi connectivity index (χ4n) is 16.8. The van der Waals surface area contributed by atoms with Crippen molar-refractivity contribution in [1.82, 2.24) is 97.2 Å². The maximum absolute atomic E-state index is 15.5. The minimum absolute atomic E-state index is 0.0127. The van der Waals surface area contributed by atoms with Gasteiger partial charge in [-0.15, -0.1) is 0 Å². The van der Waals surface area contributed by atoms with Crippen LogP contribution in [0.25, 0.3) is 44.7 Å². The number of aliphatic hydroxyl groups excluding tert-OH is 1. The predicted molar refractivity (Wildman–Crippen MR) is 515 cm³/mol. The Kier molecular flexibility index (Phi) is 36.2. The average Bonchev–Trinajstić information content (AvgIpc) is 1.61. The van der Waals surface area contributed by atoms with Crippen LogP contribution in [0.3, 0.4) is 0 Å². The number of ether oxygens (including phenoxy) is 14. The highest BCUT2D eigenvalue weighted by Crippen LogP contribution is 2.59. The zero-order chi connectivity index (χ0) is 106. The molecular weight excluding hydrogens is 2180 g/mol. The molecule has 0 spiro atoms. The first-order valence-corrected chi connectivity index (χ1v) is 57.5. The number of methoxy groups -OCH3 is 4. The lowest BCUT2D eigenvalue weighted by Gasteiger charge is -2.30. The molecule has 65 nitrogen and oxygen atoms in total. The van der Waals surface area contributed by atoms with Crippen molar-refractivity contribution >= 4 is 158 Å². The number of fused-ring (bicyclic) bond motifs is 4. The number of hydrogen-bond donors (Lipinski definition) is 15. The van der Waals surface area contributed by atoms with Crippen molar-refractivity contribution in [2.75, 3.05) is 151 Å². The summed E-state index contributed by atoms with van der Waals surface area (Å²) in [5.74, 6) is -0.890. The Morgan fingerprint density at radius 1 is 0.372 bits per heavy atom. The SMILES string of the molecule is COCCO[C@H]1C(OP(O)(=S)OC[C@H]2O[C@@H](n3cnc4c(N)ncnc43)CC2OP(O)(=S)OC[C@H]2O[C@@H](n3cc(C)c(=O)[nH]c3=O)CC2OP(O)(=S)OC)[C@@H](COP(=O)(O)OC2[C@@H](COP(=O)(O)OC3[C@@H](COP(O)(=S)OC4[C@@H](CO)O[C@@H](n5cnc6c(=O)[nH]c(N)nc65)[C@H]4OCCOC)O[C@@H](n4cnc5c(=O)[nH]c(N)nc54)[C@H]3OCCOC)O[C@@H](n3cnc4c(N)ncnc43)[C@H]2OCCOC)O[C@H]1n1cc(C)c(=O)[nH]c1=O. The summed E-state index contributed by atoms with van der Waals surface area (Å²) < 4.78 is 195. The van der Waals surface area contributed by atoms with Gasteiger partial charge >= 0.3 is 53.9 Å². The number of nitrogens with zero attached hydrogens (tertiary/aromatic N) is 16. The second-order valence-corrected chi connectivity index (χ2v) is 47.3. The monoisotopic (exact) mass is 2280 g/mol. The number of nitrogen functional groups attached to an aromatic ring is 4. The molecule has 28 atom stereocenters. The van der Waals surface area contributed by atoms with Crippen molar-refractivity contribution in [3.05, 3.63) is 124 Å². The van der Waals surface area contributed by atoms with Gasteiger partial charge in [0.1, 0.15) is 122 Å². The zero-order valence-corrected chi connectivity index (χ0v) is 87.1. The summed E-state index contributed by atoms with van der Waals surface area (Å²) in [7, 11) is -5.40. The molecule has 16 heterocycles. The van der Waals surface area contributed by atoms with Gasteiger partial charge in [0.25, 0.3) is 22.2 Å². The van der Waals surface area contributed by atoms with Crippen LogP contribution in [-0.2, 0) is 177 Å². The maximum atomic E-state index is 15.5. The van der Waals surface area contributed by atoms with Gasteiger partial charge in [0, 0.05) is 71.9 Å². The van der Waals surface area contributed by atoms with Gasteiger partial charge in [0.15, 0.2) is 70.2 Å². The van der Waals surface area contributed by atoms with E-state index in [9.17, 15) is 63.2 Å². The quantitative estimate of drug-likeness (QED) is 0.0137. The van der Waals surface area contributed by atoms with E-state index in [2.05, 4.69) is 69.8 Å². The predicted octanol–water partition coefficient (Wildman–Crippen LogP) is -2.63. The van der Waals surface area contributed by atoms with Crippen LogP contribution in [0.2, 0.25) is 0 Å². The number of nitrogens with one attached hydrogen (secondary N) is 4. The zero-order valence-electron chi connectivity index (χ0n) is 78.4. The summed E-state index contributed by atoms with van der Waals surface area (Å²) in [5, 5.41) is 10.9. The highest BCUT2D eigenvalue weighted by atomic mass is 32.5. The molecule has 148 heavy (non-hydrogen) atoms. The molecule has 6 saturated heterocycles. The topological polar surface area (TPSA) is 844 Å². The molecule has 0 bridgehead atoms. The molecule has 6 aliphatic rings. The fourth-order valence-corrected chi connectivity index (χ4v) is 24.0. The van der Waals surface area contributed by atoms with E-state index in [1.807, 2.05) is 0 Å². The van der Waals surface area contributed by atoms with Crippen molar-refractivity contribution in [1.29, 1.82) is 0 Å². The molecule has 0 aliphatic carbocycles. The van der Waals surface area contributed by atoms with Crippen LogP contribution in [-0.4, -0.2) is 357 Å². The number of rotatable bonds is 51. The number of anilines is 4. The maximum Gasteiger partial charge on any atom is 0.472 e. The van der Waals surface area contributed by atoms with Crippen LogP contribution >= 0.6 is 42.5 Å². The molecule has 16 rings (SSSR count). The number of hydrogen-bond acceptors (Lipinski definition) is 53. The van der Waals surface area contributed by atoms with Gasteiger partial charge in [0.05, 0.1) is 130 Å². The van der Waals surface area contributed by atoms with E-state index in [1.165, 1.54) is 81.2 Å². The molecule has 0 radical (unpaired) electrons. The standard InChI is InChI=1S/C73H102N24O41P6S4/c1-32-18-92(72(103)90-62(32)99)42-16-34(133-141(109,145)117-7)37(127-42)21-124-142(110,146)134-35-17-43(94-28-82-44-56(74)78-26-80-58(44)94)128-38(35)22-125-143(111,147)138-51-40(130-66(55(51)121-15-11-116-6)93-19-33(2)63(100)91-73(93)104)24-123-140(107,108)135-49-39(131-67(53(49)119-13-9-114-4)95-29-83-45-57(75)79-27-81-59(45)95)23-122-139(105,106)136-50-41(132-69(54(50)120-14-10-115-5)97-31-85-47-61(97)87-71(77)89-65(47)102)25-126-144(112,148)137-48-36(20-98)129-68(52(48)118-12-8-113-3)96-30-84-46-60(96)86-70(76)88-64(46)101/h18-19,26-31,34-43,48-55,66-69,98H,8-17,20-25H2,1-7H3,(H,105,106)(H,107,108)(H,109,145)(H,110,146)(H,111,147)(H,112,148)(H2,74,78,80)(H2,75,79,81)(H,90,99,103)(H,91,100,104)(H3,76,86,88,101)(H3,77,87,89,102)/t34?,35?,36-,37-,38-,39-,40-,41-,42-,43-,48?,49?,50?,51?,52+,53+,54+,55+,66-,67-,68-,69-,141?,142?,143?,144?/m1/s1. The molecular formula is C73H102N24O41P6S4. The molecule has 10 aromatic rings. The van der Waals surface area contributed by atoms with Crippen LogP contribution < -0.4 is 56.6 Å². The Balaban J connectivity index is 0.684. The van der Waals surface area contributed by atoms with Gasteiger partial charge in [-0.1, -0.05) is 0 Å². The molecule has 0 saturated carbocycles. The number of imidazole rings is 4. The second kappa shape index (κ2) is 47.6. The van der Waals surface area contributed by atoms with E-state index in [1.54, 1.807) is 0 Å². The molecule has 12 unspecified atom stereocenters. The van der Waals surface area contributed by atoms with Gasteiger partial charge in [0.2, 0.25) is 11.9 Å². The van der Waals surface area contributed by atoms with Crippen molar-refractivity contribution in [2.24, 2.45) is 0 Å². The Bertz CT molecular complexity index is 7110. The van der Waals surface area contributed by atoms with Crippen LogP contribution in [0.4, 0.5) is 23.5 Å². The number of aromatic amines is 4. The summed E-state index contributed by atoms with van der Waals surface area (Å²) in [6, 6.07) is 0. The van der Waals surface area contributed by atoms with E-state index in [-0.39, 0.29) is 139 Å². The Morgan fingerprint density at radius 2 is 0.703 bits per heavy atom. The largest absolute Gasteiger partial charge is 0.472 e. The highest BCUT2D eigenvalue weighted by Gasteiger charge is 2.58. The third kappa shape index (κ3) is 25.8. The first-order valence-electron chi connectivity index (χ1n) is 44.2. The lowest BCUT2D eigenvalue weighted by Crippen LogP contribution is -2.41. The molecule has 6 aliphatic heterocycles. The summed E-state index contributed by atoms with van der Waals surface area (Å²) in [6.07, 6.45) is -26.7. The normalized spacial score (nSPS) is 28.9. The summed E-state index contributed by atoms with van der Waals surface area (Å²) in [4.78, 5) is 203. The minimum atomic E-state index is -5.93. The Labute approximate surface area is 851 Å². The first-order chi connectivity index (χ1) is 70.4. The number of phosphoric ester groups is 2. The van der Waals surface area contributed by atoms with Gasteiger partial charge in [-0.2, -0.15) is 9.97 Å². The lowest BCUT2D eigenvalue weighted by atomic mass is 10.1. The molecule has 10 aromatic heterocycles. The van der Waals surface area contributed by atoms with E-state index in [0.717, 1.165) is 46.0 Å². The number of phosphoric acid groups is 2. The van der Waals surface area contributed by atoms with Gasteiger partial charge < -0.3 is 151 Å². The first kappa shape index (κ1) is 113. The summed E-state index contributed by atoms with van der Waals surface area (Å²) in [5.41, 5.74) is 18.9. The molecule has 75 heteroatoms. The summed E-state index contributed by atoms with van der Waals surface area (Å²) >= 11 is 22.2. The van der Waals surface area contributed by atoms with E-state index in [4.69, 9.17) is 191 Å². The number of H-pyrrole nitrogens is 4. The van der Waals surface area contributed by atoms with Crippen LogP contribution in [0.1, 0.15) is 61.3 Å². The highest BCUT2D eigenvalue weighted by molar-refractivity contribution is 8.08. The van der Waals surface area contributed by atoms with Gasteiger partial charge in [-0.05, 0) is 61.1 Å². The van der Waals surface area contributed by atoms with Gasteiger partial charge in [-0.3, -0.25) is 93.7 Å². The van der Waals surface area contributed by atoms with Crippen LogP contribution in [0.5, 0.6) is 0 Å². The third-order valence-electron chi connectivity index (χ3n) is 23.6. The second-order valence-electron chi connectivity index (χ2n) is 33.2. The van der Waals surface area contributed by atoms with Crippen LogP contribution in [0.15, 0.2) is 79.1 Å². The van der Waals surface area contributed by atoms with Crippen molar-refractivity contribution in [3.63, 3.8) is 0 Å². The van der Waals surface area contributed by atoms with E-state index in [0.29, 0.717) is 0 Å². The molecule has 0 amide bonds. The lowest BCUT2D eigenvalue weighted by molar-refractivity contribution is -0.0838. The number of aryl methyl sites for hydroxylation is 2. The van der Waals surface area contributed by atoms with Crippen molar-refractivity contribution in [2.45, 2.75) is 162 Å². The minimum Gasteiger partial charge on any atom is -0.394 e. The third-order valence-corrected chi connectivity index (χ3v) is 31.9. The molecule has 6 fully saturated rings. The van der Waals surface area contributed by atoms with Crippen LogP contribution in [0, 0.1) is 13.8 Å². The molecule has 814 valence electrons. The van der Waals surface area contributed by atoms with E-state index >= 15 is 9.13 Å². The number of aromatic nitrogens is 20.